The number of epoxide rings is 1. The number of hydrogen-bond acceptors (Lipinski definition) is 3. The van der Waals surface area contributed by atoms with E-state index in [1.807, 2.05) is 6.92 Å². The van der Waals surface area contributed by atoms with E-state index in [4.69, 9.17) is 9.16 Å². The van der Waals surface area contributed by atoms with Gasteiger partial charge in [0.25, 0.3) is 0 Å². The van der Waals surface area contributed by atoms with E-state index in [-0.39, 0.29) is 16.6 Å². The second kappa shape index (κ2) is 2.55. The highest BCUT2D eigenvalue weighted by atomic mass is 28.2. The average molecular weight is 228 g/mol. The quantitative estimate of drug-likeness (QED) is 0.492. The van der Waals surface area contributed by atoms with E-state index in [9.17, 15) is 4.79 Å². The topological polar surface area (TPSA) is 38.8 Å². The number of Topliss-reactive ketones (excluding diaryl/α,β-unsaturated/α-hetero) is 1. The Kier molecular flexibility index (Phi) is 1.92. The lowest BCUT2D eigenvalue weighted by Gasteiger charge is -2.42. The van der Waals surface area contributed by atoms with Crippen molar-refractivity contribution in [2.75, 3.05) is 0 Å². The number of carbonyl (C=O) groups excluding carboxylic acids is 1. The normalized spacial score (nSPS) is 49.5. The fraction of sp³-hybridized carbons (Fsp3) is 0.909. The predicted molar refractivity (Wildman–Crippen MR) is 60.4 cm³/mol. The molecule has 3 atom stereocenters. The van der Waals surface area contributed by atoms with Crippen LogP contribution in [-0.2, 0) is 14.0 Å². The first-order valence-electron chi connectivity index (χ1n) is 5.43. The van der Waals surface area contributed by atoms with Crippen LogP contribution in [0.1, 0.15) is 41.0 Å². The summed E-state index contributed by atoms with van der Waals surface area (Å²) >= 11 is 0. The lowest BCUT2D eigenvalue weighted by atomic mass is 9.62. The van der Waals surface area contributed by atoms with Gasteiger partial charge in [-0.15, -0.1) is 0 Å². The van der Waals surface area contributed by atoms with Gasteiger partial charge in [-0.3, -0.25) is 4.79 Å². The minimum Gasteiger partial charge on any atom is -0.394 e. The van der Waals surface area contributed by atoms with E-state index in [0.29, 0.717) is 16.9 Å². The van der Waals surface area contributed by atoms with Gasteiger partial charge >= 0.3 is 0 Å². The summed E-state index contributed by atoms with van der Waals surface area (Å²) in [6.07, 6.45) is 0.565. The first-order valence-corrected chi connectivity index (χ1v) is 6.25. The minimum absolute atomic E-state index is 0.0374. The standard InChI is InChI=1S/C11H20O3Si/c1-8(2,3)9(4)6-7(12)11(14-15)10(9,5)13-11/h6H2,1-5,15H3/t9-,10?,11?/m1/s1. The SMILES string of the molecule is CC(C)(C)[C@@]1(C)CC(=O)C2(O[SiH3])OC21C. The summed E-state index contributed by atoms with van der Waals surface area (Å²) in [5.41, 5.74) is -0.520. The molecule has 3 nitrogen and oxygen atoms in total. The van der Waals surface area contributed by atoms with Crippen LogP contribution in [0.15, 0.2) is 0 Å². The van der Waals surface area contributed by atoms with Crippen molar-refractivity contribution < 1.29 is 14.0 Å². The lowest BCUT2D eigenvalue weighted by molar-refractivity contribution is -0.136. The molecule has 0 radical (unpaired) electrons. The van der Waals surface area contributed by atoms with Crippen LogP contribution in [0.5, 0.6) is 0 Å². The Labute approximate surface area is 94.1 Å². The van der Waals surface area contributed by atoms with Gasteiger partial charge in [-0.1, -0.05) is 27.7 Å². The zero-order chi connectivity index (χ0) is 11.7. The minimum atomic E-state index is -0.888. The molecular formula is C11H20O3Si. The van der Waals surface area contributed by atoms with Gasteiger partial charge < -0.3 is 9.16 Å². The van der Waals surface area contributed by atoms with Gasteiger partial charge in [0.15, 0.2) is 16.3 Å². The second-order valence-corrected chi connectivity index (χ2v) is 6.55. The molecule has 0 amide bonds. The Balaban J connectivity index is 2.47. The van der Waals surface area contributed by atoms with E-state index in [1.165, 1.54) is 0 Å². The molecule has 2 rings (SSSR count). The Hall–Kier alpha value is -0.193. The smallest absolute Gasteiger partial charge is 0.250 e. The van der Waals surface area contributed by atoms with E-state index in [1.54, 1.807) is 0 Å². The van der Waals surface area contributed by atoms with Gasteiger partial charge in [0.2, 0.25) is 5.79 Å². The van der Waals surface area contributed by atoms with Crippen LogP contribution < -0.4 is 0 Å². The molecule has 1 saturated heterocycles. The van der Waals surface area contributed by atoms with Crippen LogP contribution in [0.3, 0.4) is 0 Å². The third kappa shape index (κ3) is 0.959. The molecule has 0 aromatic rings. The first-order chi connectivity index (χ1) is 6.65. The molecular weight excluding hydrogens is 208 g/mol. The number of ketones is 1. The van der Waals surface area contributed by atoms with Crippen LogP contribution in [0, 0.1) is 10.8 Å². The van der Waals surface area contributed by atoms with Gasteiger partial charge in [0.1, 0.15) is 5.60 Å². The van der Waals surface area contributed by atoms with Gasteiger partial charge in [-0.2, -0.15) is 0 Å². The van der Waals surface area contributed by atoms with Crippen molar-refractivity contribution in [2.45, 2.75) is 52.4 Å². The number of ether oxygens (including phenoxy) is 1. The fourth-order valence-electron chi connectivity index (χ4n) is 3.00. The van der Waals surface area contributed by atoms with Crippen LogP contribution in [0.2, 0.25) is 0 Å². The Bertz CT molecular complexity index is 335. The van der Waals surface area contributed by atoms with Crippen molar-refractivity contribution in [3.8, 4) is 0 Å². The molecule has 1 aliphatic heterocycles. The van der Waals surface area contributed by atoms with Gasteiger partial charge in [-0.25, -0.2) is 0 Å². The van der Waals surface area contributed by atoms with Crippen molar-refractivity contribution in [3.63, 3.8) is 0 Å². The number of rotatable bonds is 1. The molecule has 0 N–H and O–H groups in total. The molecule has 2 fully saturated rings. The highest BCUT2D eigenvalue weighted by Crippen LogP contribution is 2.71. The lowest BCUT2D eigenvalue weighted by Crippen LogP contribution is -2.43. The maximum absolute atomic E-state index is 12.0. The van der Waals surface area contributed by atoms with E-state index < -0.39 is 11.4 Å². The van der Waals surface area contributed by atoms with Crippen molar-refractivity contribution in [3.05, 3.63) is 0 Å². The molecule has 0 spiro atoms. The van der Waals surface area contributed by atoms with Crippen molar-refractivity contribution in [2.24, 2.45) is 10.8 Å². The predicted octanol–water partition coefficient (Wildman–Crippen LogP) is 0.794. The largest absolute Gasteiger partial charge is 0.394 e. The van der Waals surface area contributed by atoms with Gasteiger partial charge in [0, 0.05) is 11.8 Å². The summed E-state index contributed by atoms with van der Waals surface area (Å²) in [5, 5.41) is 0. The van der Waals surface area contributed by atoms with E-state index in [2.05, 4.69) is 27.7 Å². The van der Waals surface area contributed by atoms with Crippen LogP contribution in [0.4, 0.5) is 0 Å². The molecule has 86 valence electrons. The molecule has 1 heterocycles. The molecule has 1 aliphatic carbocycles. The third-order valence-electron chi connectivity index (χ3n) is 4.81. The number of carbonyl (C=O) groups is 1. The number of hydrogen-bond donors (Lipinski definition) is 0. The maximum Gasteiger partial charge on any atom is 0.250 e. The van der Waals surface area contributed by atoms with Gasteiger partial charge in [0.05, 0.1) is 0 Å². The summed E-state index contributed by atoms with van der Waals surface area (Å²) < 4.78 is 11.1. The van der Waals surface area contributed by atoms with Gasteiger partial charge in [-0.05, 0) is 12.3 Å². The Morgan fingerprint density at radius 3 is 2.13 bits per heavy atom. The summed E-state index contributed by atoms with van der Waals surface area (Å²) in [7, 11) is 0.539. The second-order valence-electron chi connectivity index (χ2n) is 6.14. The zero-order valence-corrected chi connectivity index (χ0v) is 12.4. The first kappa shape index (κ1) is 11.3. The zero-order valence-electron chi connectivity index (χ0n) is 10.4. The molecule has 0 bridgehead atoms. The molecule has 15 heavy (non-hydrogen) atoms. The summed E-state index contributed by atoms with van der Waals surface area (Å²) in [5.74, 6) is -0.765. The highest BCUT2D eigenvalue weighted by molar-refractivity contribution is 6.04. The fourth-order valence-corrected chi connectivity index (χ4v) is 3.70. The molecule has 2 unspecified atom stereocenters. The molecule has 1 saturated carbocycles. The van der Waals surface area contributed by atoms with Crippen LogP contribution in [-0.4, -0.2) is 27.7 Å². The van der Waals surface area contributed by atoms with Crippen LogP contribution in [0.25, 0.3) is 0 Å². The summed E-state index contributed by atoms with van der Waals surface area (Å²) in [6, 6.07) is 0. The summed E-state index contributed by atoms with van der Waals surface area (Å²) in [6.45, 7) is 10.6. The highest BCUT2D eigenvalue weighted by Gasteiger charge is 2.85. The molecule has 0 aromatic carbocycles. The molecule has 0 aromatic heterocycles. The third-order valence-corrected chi connectivity index (χ3v) is 5.39. The van der Waals surface area contributed by atoms with Crippen molar-refractivity contribution >= 4 is 16.3 Å². The average Bonchev–Trinajstić information content (AvgIpc) is 2.67. The van der Waals surface area contributed by atoms with E-state index in [0.717, 1.165) is 0 Å². The van der Waals surface area contributed by atoms with Crippen molar-refractivity contribution in [1.82, 2.24) is 0 Å². The molecule has 2 aliphatic rings. The Morgan fingerprint density at radius 1 is 1.40 bits per heavy atom. The monoisotopic (exact) mass is 228 g/mol. The Morgan fingerprint density at radius 2 is 1.93 bits per heavy atom. The van der Waals surface area contributed by atoms with E-state index >= 15 is 0 Å². The van der Waals surface area contributed by atoms with Crippen LogP contribution >= 0.6 is 0 Å². The number of fused-ring (bicyclic) bond motifs is 1. The maximum atomic E-state index is 12.0. The molecule has 4 heteroatoms. The summed E-state index contributed by atoms with van der Waals surface area (Å²) in [4.78, 5) is 12.0. The van der Waals surface area contributed by atoms with Crippen molar-refractivity contribution in [1.29, 1.82) is 0 Å².